The number of aromatic nitrogens is 2. The number of fused-ring (bicyclic) bond motifs is 3. The molecule has 1 fully saturated rings. The summed E-state index contributed by atoms with van der Waals surface area (Å²) in [5, 5.41) is 11.6. The Labute approximate surface area is 83.3 Å². The molecule has 3 rings (SSSR count). The first-order valence-electron chi connectivity index (χ1n) is 5.27. The second-order valence-corrected chi connectivity index (χ2v) is 3.97. The Bertz CT molecular complexity index is 339. The number of hydrogen-bond donors (Lipinski definition) is 1. The van der Waals surface area contributed by atoms with Crippen LogP contribution in [0.2, 0.25) is 0 Å². The molecule has 4 nitrogen and oxygen atoms in total. The quantitative estimate of drug-likeness (QED) is 0.668. The molecule has 74 valence electrons. The molecule has 1 N–H and O–H groups in total. The van der Waals surface area contributed by atoms with Crippen molar-refractivity contribution in [3.8, 4) is 0 Å². The lowest BCUT2D eigenvalue weighted by Gasteiger charge is -2.22. The van der Waals surface area contributed by atoms with E-state index < -0.39 is 0 Å². The van der Waals surface area contributed by atoms with Gasteiger partial charge < -0.3 is 10.2 Å². The third kappa shape index (κ3) is 1.14. The fourth-order valence-electron chi connectivity index (χ4n) is 2.46. The molecule has 1 aromatic heterocycles. The van der Waals surface area contributed by atoms with Gasteiger partial charge in [-0.1, -0.05) is 0 Å². The number of anilines is 2. The van der Waals surface area contributed by atoms with E-state index in [-0.39, 0.29) is 0 Å². The fraction of sp³-hybridized carbons (Fsp3) is 0.600. The van der Waals surface area contributed by atoms with Crippen LogP contribution in [0.3, 0.4) is 0 Å². The number of hydrogen-bond acceptors (Lipinski definition) is 4. The van der Waals surface area contributed by atoms with Gasteiger partial charge in [-0.3, -0.25) is 0 Å². The summed E-state index contributed by atoms with van der Waals surface area (Å²) in [7, 11) is 0. The average Bonchev–Trinajstić information content (AvgIpc) is 2.61. The molecular formula is C10H14N4. The molecule has 3 heterocycles. The monoisotopic (exact) mass is 190 g/mol. The Balaban J connectivity index is 2.04. The van der Waals surface area contributed by atoms with Crippen molar-refractivity contribution in [2.45, 2.75) is 25.3 Å². The molecular weight excluding hydrogens is 176 g/mol. The van der Waals surface area contributed by atoms with Gasteiger partial charge in [0.25, 0.3) is 0 Å². The summed E-state index contributed by atoms with van der Waals surface area (Å²) in [6, 6.07) is 2.70. The van der Waals surface area contributed by atoms with Crippen molar-refractivity contribution in [1.82, 2.24) is 10.2 Å². The Morgan fingerprint density at radius 1 is 1.43 bits per heavy atom. The topological polar surface area (TPSA) is 41.1 Å². The predicted octanol–water partition coefficient (Wildman–Crippen LogP) is 1.26. The summed E-state index contributed by atoms with van der Waals surface area (Å²) in [5.41, 5.74) is 1.14. The van der Waals surface area contributed by atoms with Crippen LogP contribution in [-0.2, 0) is 0 Å². The van der Waals surface area contributed by atoms with Crippen LogP contribution in [0.1, 0.15) is 19.3 Å². The van der Waals surface area contributed by atoms with E-state index in [1.807, 2.05) is 6.07 Å². The zero-order valence-corrected chi connectivity index (χ0v) is 8.11. The molecule has 0 saturated carbocycles. The lowest BCUT2D eigenvalue weighted by Crippen LogP contribution is -2.29. The molecule has 4 heteroatoms. The Morgan fingerprint density at radius 2 is 2.43 bits per heavy atom. The second kappa shape index (κ2) is 3.12. The molecule has 0 spiro atoms. The van der Waals surface area contributed by atoms with Crippen molar-refractivity contribution in [3.05, 3.63) is 12.3 Å². The van der Waals surface area contributed by atoms with Crippen LogP contribution in [0.15, 0.2) is 12.3 Å². The minimum absolute atomic E-state index is 0.681. The third-order valence-corrected chi connectivity index (χ3v) is 3.14. The normalized spacial score (nSPS) is 24.9. The summed E-state index contributed by atoms with van der Waals surface area (Å²) >= 11 is 0. The average molecular weight is 190 g/mol. The zero-order chi connectivity index (χ0) is 9.38. The molecule has 2 aliphatic heterocycles. The van der Waals surface area contributed by atoms with E-state index in [2.05, 4.69) is 20.4 Å². The number of nitrogens with one attached hydrogen (secondary N) is 1. The van der Waals surface area contributed by atoms with Crippen molar-refractivity contribution in [2.24, 2.45) is 0 Å². The van der Waals surface area contributed by atoms with Crippen LogP contribution in [0.5, 0.6) is 0 Å². The van der Waals surface area contributed by atoms with E-state index >= 15 is 0 Å². The Kier molecular flexibility index (Phi) is 1.79. The SMILES string of the molecule is c1cc2c(nn1)N1CCCC1CCN2. The first-order valence-corrected chi connectivity index (χ1v) is 5.27. The summed E-state index contributed by atoms with van der Waals surface area (Å²) in [5.74, 6) is 1.05. The van der Waals surface area contributed by atoms with Crippen LogP contribution in [0.4, 0.5) is 11.5 Å². The van der Waals surface area contributed by atoms with Gasteiger partial charge in [0.15, 0.2) is 5.82 Å². The summed E-state index contributed by atoms with van der Waals surface area (Å²) in [6.07, 6.45) is 5.57. The molecule has 1 aromatic rings. The van der Waals surface area contributed by atoms with E-state index in [0.29, 0.717) is 6.04 Å². The highest BCUT2D eigenvalue weighted by Gasteiger charge is 2.29. The number of nitrogens with zero attached hydrogens (tertiary/aromatic N) is 3. The van der Waals surface area contributed by atoms with Crippen LogP contribution >= 0.6 is 0 Å². The maximum atomic E-state index is 4.24. The molecule has 2 aliphatic rings. The second-order valence-electron chi connectivity index (χ2n) is 3.97. The summed E-state index contributed by atoms with van der Waals surface area (Å²) in [4.78, 5) is 2.41. The Morgan fingerprint density at radius 3 is 3.43 bits per heavy atom. The van der Waals surface area contributed by atoms with Crippen molar-refractivity contribution in [3.63, 3.8) is 0 Å². The molecule has 0 aromatic carbocycles. The predicted molar refractivity (Wildman–Crippen MR) is 55.5 cm³/mol. The van der Waals surface area contributed by atoms with Gasteiger partial charge in [0.05, 0.1) is 11.9 Å². The van der Waals surface area contributed by atoms with Crippen molar-refractivity contribution >= 4 is 11.5 Å². The van der Waals surface area contributed by atoms with Gasteiger partial charge in [0, 0.05) is 19.1 Å². The van der Waals surface area contributed by atoms with Crippen molar-refractivity contribution in [1.29, 1.82) is 0 Å². The first kappa shape index (κ1) is 8.03. The molecule has 1 saturated heterocycles. The highest BCUT2D eigenvalue weighted by molar-refractivity contribution is 5.66. The van der Waals surface area contributed by atoms with Gasteiger partial charge >= 0.3 is 0 Å². The molecule has 1 unspecified atom stereocenters. The minimum atomic E-state index is 0.681. The highest BCUT2D eigenvalue weighted by atomic mass is 15.3. The van der Waals surface area contributed by atoms with Gasteiger partial charge in [0.2, 0.25) is 0 Å². The maximum absolute atomic E-state index is 4.24. The van der Waals surface area contributed by atoms with Gasteiger partial charge in [0.1, 0.15) is 0 Å². The number of rotatable bonds is 0. The summed E-state index contributed by atoms with van der Waals surface area (Å²) in [6.45, 7) is 2.19. The standard InChI is InChI=1S/C10H14N4/c1-2-8-3-5-11-9-4-6-12-13-10(9)14(8)7-1/h4,6,8,11H,1-3,5,7H2. The largest absolute Gasteiger partial charge is 0.382 e. The van der Waals surface area contributed by atoms with E-state index in [4.69, 9.17) is 0 Å². The molecule has 14 heavy (non-hydrogen) atoms. The third-order valence-electron chi connectivity index (χ3n) is 3.14. The molecule has 1 atom stereocenters. The van der Waals surface area contributed by atoms with Crippen LogP contribution in [0.25, 0.3) is 0 Å². The minimum Gasteiger partial charge on any atom is -0.382 e. The van der Waals surface area contributed by atoms with Gasteiger partial charge in [-0.25, -0.2) is 0 Å². The molecule has 0 aliphatic carbocycles. The van der Waals surface area contributed by atoms with E-state index in [1.165, 1.54) is 19.3 Å². The molecule has 0 radical (unpaired) electrons. The van der Waals surface area contributed by atoms with Gasteiger partial charge in [-0.05, 0) is 25.3 Å². The highest BCUT2D eigenvalue weighted by Crippen LogP contribution is 2.32. The van der Waals surface area contributed by atoms with Crippen LogP contribution in [0, 0.1) is 0 Å². The van der Waals surface area contributed by atoms with Crippen LogP contribution < -0.4 is 10.2 Å². The molecule has 0 amide bonds. The smallest absolute Gasteiger partial charge is 0.174 e. The van der Waals surface area contributed by atoms with E-state index in [9.17, 15) is 0 Å². The lowest BCUT2D eigenvalue weighted by molar-refractivity contribution is 0.633. The molecule has 0 bridgehead atoms. The van der Waals surface area contributed by atoms with Crippen molar-refractivity contribution < 1.29 is 0 Å². The van der Waals surface area contributed by atoms with Gasteiger partial charge in [-0.15, -0.1) is 5.10 Å². The van der Waals surface area contributed by atoms with Crippen LogP contribution in [-0.4, -0.2) is 29.3 Å². The zero-order valence-electron chi connectivity index (χ0n) is 8.11. The maximum Gasteiger partial charge on any atom is 0.174 e. The first-order chi connectivity index (χ1) is 6.95. The fourth-order valence-corrected chi connectivity index (χ4v) is 2.46. The Hall–Kier alpha value is -1.32. The summed E-state index contributed by atoms with van der Waals surface area (Å²) < 4.78 is 0. The van der Waals surface area contributed by atoms with E-state index in [0.717, 1.165) is 24.6 Å². The van der Waals surface area contributed by atoms with Crippen molar-refractivity contribution in [2.75, 3.05) is 23.3 Å². The lowest BCUT2D eigenvalue weighted by atomic mass is 10.1. The van der Waals surface area contributed by atoms with E-state index in [1.54, 1.807) is 6.20 Å². The van der Waals surface area contributed by atoms with Gasteiger partial charge in [-0.2, -0.15) is 5.10 Å².